The smallest absolute Gasteiger partial charge is 0.325 e. The highest BCUT2D eigenvalue weighted by atomic mass is 19.1. The van der Waals surface area contributed by atoms with E-state index in [0.29, 0.717) is 11.4 Å². The summed E-state index contributed by atoms with van der Waals surface area (Å²) in [6.45, 7) is 5.17. The van der Waals surface area contributed by atoms with E-state index >= 15 is 0 Å². The lowest BCUT2D eigenvalue weighted by Gasteiger charge is -2.23. The summed E-state index contributed by atoms with van der Waals surface area (Å²) in [5.74, 6) is -0.399. The van der Waals surface area contributed by atoms with Crippen LogP contribution in [0.4, 0.5) is 9.18 Å². The summed E-state index contributed by atoms with van der Waals surface area (Å²) in [6, 6.07) is 5.34. The number of amides is 3. The van der Waals surface area contributed by atoms with Crippen molar-refractivity contribution in [1.29, 1.82) is 0 Å². The van der Waals surface area contributed by atoms with Gasteiger partial charge in [-0.3, -0.25) is 14.7 Å². The average Bonchev–Trinajstić information content (AvgIpc) is 2.82. The number of methoxy groups -OCH3 is 1. The molecule has 1 aromatic heterocycles. The van der Waals surface area contributed by atoms with E-state index in [4.69, 9.17) is 4.74 Å². The Balaban J connectivity index is 1.95. The van der Waals surface area contributed by atoms with Gasteiger partial charge in [0.1, 0.15) is 17.1 Å². The Morgan fingerprint density at radius 3 is 2.62 bits per heavy atom. The number of rotatable bonds is 4. The fourth-order valence-corrected chi connectivity index (χ4v) is 3.27. The number of imide groups is 1. The van der Waals surface area contributed by atoms with E-state index in [-0.39, 0.29) is 12.1 Å². The maximum Gasteiger partial charge on any atom is 0.325 e. The third-order valence-electron chi connectivity index (χ3n) is 4.75. The lowest BCUT2D eigenvalue weighted by atomic mass is 9.91. The highest BCUT2D eigenvalue weighted by Crippen LogP contribution is 2.32. The number of hydrogen-bond acceptors (Lipinski definition) is 4. The fourth-order valence-electron chi connectivity index (χ4n) is 3.27. The number of hydrogen-bond donors (Lipinski definition) is 1. The third-order valence-corrected chi connectivity index (χ3v) is 4.75. The number of ether oxygens (including phenoxy) is 1. The molecule has 7 heteroatoms. The molecule has 136 valence electrons. The van der Waals surface area contributed by atoms with Crippen molar-refractivity contribution >= 4 is 11.9 Å². The van der Waals surface area contributed by atoms with Gasteiger partial charge in [0.05, 0.1) is 19.3 Å². The maximum absolute atomic E-state index is 14.2. The van der Waals surface area contributed by atoms with Gasteiger partial charge in [0.2, 0.25) is 0 Å². The number of aryl methyl sites for hydroxylation is 1. The Kier molecular flexibility index (Phi) is 4.39. The van der Waals surface area contributed by atoms with E-state index in [1.54, 1.807) is 19.4 Å². The van der Waals surface area contributed by atoms with Crippen molar-refractivity contribution in [3.8, 4) is 5.75 Å². The minimum Gasteiger partial charge on any atom is -0.496 e. The fraction of sp³-hybridized carbons (Fsp3) is 0.316. The van der Waals surface area contributed by atoms with Crippen molar-refractivity contribution in [1.82, 2.24) is 15.2 Å². The van der Waals surface area contributed by atoms with Crippen LogP contribution in [0.25, 0.3) is 0 Å². The largest absolute Gasteiger partial charge is 0.496 e. The summed E-state index contributed by atoms with van der Waals surface area (Å²) in [7, 11) is 1.56. The van der Waals surface area contributed by atoms with Gasteiger partial charge in [0.15, 0.2) is 0 Å². The molecule has 1 fully saturated rings. The lowest BCUT2D eigenvalue weighted by molar-refractivity contribution is -0.131. The van der Waals surface area contributed by atoms with Crippen LogP contribution in [0, 0.1) is 19.7 Å². The topological polar surface area (TPSA) is 71.5 Å². The number of nitrogens with one attached hydrogen (secondary N) is 1. The summed E-state index contributed by atoms with van der Waals surface area (Å²) in [5, 5.41) is 2.61. The Morgan fingerprint density at radius 2 is 1.96 bits per heavy atom. The van der Waals surface area contributed by atoms with Crippen molar-refractivity contribution in [2.75, 3.05) is 7.11 Å². The number of nitrogens with zero attached hydrogens (tertiary/aromatic N) is 2. The van der Waals surface area contributed by atoms with Crippen LogP contribution in [-0.4, -0.2) is 28.9 Å². The van der Waals surface area contributed by atoms with Crippen molar-refractivity contribution in [2.45, 2.75) is 32.9 Å². The molecule has 0 bridgehead atoms. The van der Waals surface area contributed by atoms with Crippen LogP contribution in [0.5, 0.6) is 5.75 Å². The van der Waals surface area contributed by atoms with Crippen molar-refractivity contribution in [3.05, 3.63) is 58.7 Å². The van der Waals surface area contributed by atoms with Gasteiger partial charge in [0, 0.05) is 22.9 Å². The van der Waals surface area contributed by atoms with Crippen LogP contribution in [0.2, 0.25) is 0 Å². The summed E-state index contributed by atoms with van der Waals surface area (Å²) in [6.07, 6.45) is 1.63. The van der Waals surface area contributed by atoms with Gasteiger partial charge < -0.3 is 10.1 Å². The Hall–Kier alpha value is -2.96. The van der Waals surface area contributed by atoms with Crippen LogP contribution in [0.3, 0.4) is 0 Å². The molecule has 3 rings (SSSR count). The molecule has 1 N–H and O–H groups in total. The molecule has 26 heavy (non-hydrogen) atoms. The van der Waals surface area contributed by atoms with Crippen molar-refractivity contribution in [3.63, 3.8) is 0 Å². The number of carbonyl (C=O) groups is 2. The number of urea groups is 1. The highest BCUT2D eigenvalue weighted by molar-refractivity contribution is 6.07. The average molecular weight is 357 g/mol. The number of halogens is 1. The zero-order valence-corrected chi connectivity index (χ0v) is 15.1. The van der Waals surface area contributed by atoms with Gasteiger partial charge in [-0.25, -0.2) is 9.18 Å². The third kappa shape index (κ3) is 2.69. The molecule has 1 atom stereocenters. The lowest BCUT2D eigenvalue weighted by Crippen LogP contribution is -2.41. The zero-order chi connectivity index (χ0) is 19.1. The quantitative estimate of drug-likeness (QED) is 0.854. The second-order valence-corrected chi connectivity index (χ2v) is 6.47. The molecule has 6 nitrogen and oxygen atoms in total. The minimum absolute atomic E-state index is 0.0167. The summed E-state index contributed by atoms with van der Waals surface area (Å²) < 4.78 is 19.6. The number of pyridine rings is 1. The van der Waals surface area contributed by atoms with Gasteiger partial charge >= 0.3 is 6.03 Å². The number of carbonyl (C=O) groups excluding carboxylic acids is 2. The second kappa shape index (κ2) is 6.40. The first-order chi connectivity index (χ1) is 12.3. The molecule has 3 amide bonds. The molecular weight excluding hydrogens is 337 g/mol. The van der Waals surface area contributed by atoms with E-state index in [1.807, 2.05) is 13.8 Å². The Labute approximate surface area is 151 Å². The minimum atomic E-state index is -1.45. The highest BCUT2D eigenvalue weighted by Gasteiger charge is 2.50. The Morgan fingerprint density at radius 1 is 1.27 bits per heavy atom. The van der Waals surface area contributed by atoms with E-state index < -0.39 is 23.3 Å². The summed E-state index contributed by atoms with van der Waals surface area (Å²) in [4.78, 5) is 30.8. The molecule has 1 aromatic carbocycles. The first-order valence-electron chi connectivity index (χ1n) is 8.17. The van der Waals surface area contributed by atoms with Gasteiger partial charge in [-0.2, -0.15) is 0 Å². The van der Waals surface area contributed by atoms with Gasteiger partial charge in [-0.15, -0.1) is 0 Å². The van der Waals surface area contributed by atoms with Crippen molar-refractivity contribution in [2.24, 2.45) is 0 Å². The molecule has 0 unspecified atom stereocenters. The predicted molar refractivity (Wildman–Crippen MR) is 93.1 cm³/mol. The first kappa shape index (κ1) is 17.8. The molecule has 2 aromatic rings. The molecular formula is C19H20FN3O3. The molecule has 0 aliphatic carbocycles. The van der Waals surface area contributed by atoms with Crippen LogP contribution < -0.4 is 10.1 Å². The van der Waals surface area contributed by atoms with Crippen molar-refractivity contribution < 1.29 is 18.7 Å². The Bertz CT molecular complexity index is 900. The molecule has 1 saturated heterocycles. The van der Waals surface area contributed by atoms with E-state index in [2.05, 4.69) is 10.3 Å². The first-order valence-corrected chi connectivity index (χ1v) is 8.17. The molecule has 1 aliphatic heterocycles. The standard InChI is InChI=1S/C19H20FN3O3/c1-11-9-21-15(12(2)16(11)26-4)10-23-17(24)19(3,22-18(23)25)13-7-5-6-8-14(13)20/h5-9H,10H2,1-4H3,(H,22,25)/t19-/m1/s1. The second-order valence-electron chi connectivity index (χ2n) is 6.47. The predicted octanol–water partition coefficient (Wildman–Crippen LogP) is 2.81. The molecule has 0 saturated carbocycles. The van der Waals surface area contributed by atoms with Crippen LogP contribution in [-0.2, 0) is 16.9 Å². The van der Waals surface area contributed by atoms with Gasteiger partial charge in [0.25, 0.3) is 5.91 Å². The molecule has 0 radical (unpaired) electrons. The molecule has 2 heterocycles. The molecule has 0 spiro atoms. The van der Waals surface area contributed by atoms with Crippen LogP contribution >= 0.6 is 0 Å². The monoisotopic (exact) mass is 357 g/mol. The van der Waals surface area contributed by atoms with E-state index in [9.17, 15) is 14.0 Å². The SMILES string of the molecule is COc1c(C)cnc(CN2C(=O)N[C@](C)(c3ccccc3F)C2=O)c1C. The normalized spacial score (nSPS) is 19.7. The van der Waals surface area contributed by atoms with E-state index in [0.717, 1.165) is 16.0 Å². The number of benzene rings is 1. The van der Waals surface area contributed by atoms with Gasteiger partial charge in [-0.1, -0.05) is 18.2 Å². The maximum atomic E-state index is 14.2. The zero-order valence-electron chi connectivity index (χ0n) is 15.1. The van der Waals surface area contributed by atoms with Crippen LogP contribution in [0.15, 0.2) is 30.5 Å². The summed E-state index contributed by atoms with van der Waals surface area (Å²) >= 11 is 0. The van der Waals surface area contributed by atoms with E-state index in [1.165, 1.54) is 25.1 Å². The number of aromatic nitrogens is 1. The molecule has 1 aliphatic rings. The van der Waals surface area contributed by atoms with Gasteiger partial charge in [-0.05, 0) is 26.8 Å². The summed E-state index contributed by atoms with van der Waals surface area (Å²) in [5.41, 5.74) is 0.848. The van der Waals surface area contributed by atoms with Crippen LogP contribution in [0.1, 0.15) is 29.3 Å².